The normalized spacial score (nSPS) is 20.5. The molecule has 0 amide bonds. The van der Waals surface area contributed by atoms with Gasteiger partial charge in [-0.05, 0) is 18.4 Å². The third kappa shape index (κ3) is 2.27. The number of fused-ring (bicyclic) bond motifs is 2. The van der Waals surface area contributed by atoms with E-state index in [-0.39, 0.29) is 17.3 Å². The molecule has 0 spiro atoms. The average Bonchev–Trinajstić information content (AvgIpc) is 2.99. The fourth-order valence-electron chi connectivity index (χ4n) is 4.49. The smallest absolute Gasteiger partial charge is 0.269 e. The number of allylic oxidation sites excluding steroid dienone is 3. The van der Waals surface area contributed by atoms with Gasteiger partial charge in [-0.3, -0.25) is 19.7 Å². The molecule has 0 saturated carbocycles. The van der Waals surface area contributed by atoms with E-state index in [0.29, 0.717) is 28.7 Å². The molecular weight excluding hydrogens is 356 g/mol. The Labute approximate surface area is 160 Å². The molecule has 1 N–H and O–H groups in total. The summed E-state index contributed by atoms with van der Waals surface area (Å²) in [6, 6.07) is 13.6. The molecule has 1 heterocycles. The van der Waals surface area contributed by atoms with Gasteiger partial charge in [-0.15, -0.1) is 0 Å². The van der Waals surface area contributed by atoms with Crippen LogP contribution in [0.3, 0.4) is 0 Å². The van der Waals surface area contributed by atoms with E-state index in [1.165, 1.54) is 12.1 Å². The quantitative estimate of drug-likeness (QED) is 0.638. The van der Waals surface area contributed by atoms with Gasteiger partial charge in [0.25, 0.3) is 5.69 Å². The molecule has 2 aromatic rings. The summed E-state index contributed by atoms with van der Waals surface area (Å²) in [5, 5.41) is 14.6. The second-order valence-electron chi connectivity index (χ2n) is 7.24. The van der Waals surface area contributed by atoms with Crippen molar-refractivity contribution in [3.63, 3.8) is 0 Å². The summed E-state index contributed by atoms with van der Waals surface area (Å²) >= 11 is 0. The minimum absolute atomic E-state index is 0.000521. The average molecular weight is 372 g/mol. The molecule has 6 nitrogen and oxygen atoms in total. The lowest BCUT2D eigenvalue weighted by Crippen LogP contribution is -2.31. The number of non-ortho nitro benzene ring substituents is 1. The molecule has 0 bridgehead atoms. The molecule has 2 aliphatic carbocycles. The summed E-state index contributed by atoms with van der Waals surface area (Å²) < 4.78 is 0. The first-order valence-electron chi connectivity index (χ1n) is 9.22. The van der Waals surface area contributed by atoms with Crippen LogP contribution in [0, 0.1) is 10.1 Å². The maximum atomic E-state index is 13.2. The molecule has 0 unspecified atom stereocenters. The van der Waals surface area contributed by atoms with Crippen molar-refractivity contribution in [2.45, 2.75) is 25.2 Å². The fraction of sp³-hybridized carbons (Fsp3) is 0.182. The topological polar surface area (TPSA) is 89.3 Å². The number of hydrogen-bond acceptors (Lipinski definition) is 5. The Morgan fingerprint density at radius 3 is 2.54 bits per heavy atom. The van der Waals surface area contributed by atoms with Gasteiger partial charge in [-0.1, -0.05) is 36.4 Å². The van der Waals surface area contributed by atoms with Crippen molar-refractivity contribution in [3.05, 3.63) is 92.2 Å². The number of benzene rings is 2. The summed E-state index contributed by atoms with van der Waals surface area (Å²) in [6.45, 7) is 0. The Hall–Kier alpha value is -3.54. The van der Waals surface area contributed by atoms with Gasteiger partial charge in [0, 0.05) is 52.4 Å². The molecule has 2 aromatic carbocycles. The molecule has 6 heteroatoms. The summed E-state index contributed by atoms with van der Waals surface area (Å²) in [7, 11) is 0. The zero-order valence-corrected chi connectivity index (χ0v) is 14.9. The van der Waals surface area contributed by atoms with Crippen LogP contribution in [-0.2, 0) is 4.79 Å². The van der Waals surface area contributed by atoms with Crippen molar-refractivity contribution in [1.82, 2.24) is 5.32 Å². The highest BCUT2D eigenvalue weighted by molar-refractivity contribution is 6.23. The molecule has 138 valence electrons. The Morgan fingerprint density at radius 1 is 0.964 bits per heavy atom. The maximum absolute atomic E-state index is 13.2. The van der Waals surface area contributed by atoms with E-state index < -0.39 is 10.8 Å². The van der Waals surface area contributed by atoms with Crippen molar-refractivity contribution in [2.24, 2.45) is 0 Å². The van der Waals surface area contributed by atoms with Crippen molar-refractivity contribution in [1.29, 1.82) is 0 Å². The molecule has 0 aromatic heterocycles. The van der Waals surface area contributed by atoms with Crippen LogP contribution in [0.4, 0.5) is 5.69 Å². The number of dihydropyridines is 1. The van der Waals surface area contributed by atoms with Crippen molar-refractivity contribution < 1.29 is 14.5 Å². The molecule has 0 saturated heterocycles. The predicted octanol–water partition coefficient (Wildman–Crippen LogP) is 3.90. The van der Waals surface area contributed by atoms with E-state index in [1.807, 2.05) is 18.2 Å². The fourth-order valence-corrected chi connectivity index (χ4v) is 4.49. The van der Waals surface area contributed by atoms with Crippen LogP contribution in [0.15, 0.2) is 65.4 Å². The zero-order chi connectivity index (χ0) is 19.4. The molecular formula is C22H16N2O4. The van der Waals surface area contributed by atoms with Gasteiger partial charge in [0.2, 0.25) is 0 Å². The van der Waals surface area contributed by atoms with E-state index in [1.54, 1.807) is 18.2 Å². The van der Waals surface area contributed by atoms with Crippen LogP contribution in [0.25, 0.3) is 5.70 Å². The lowest BCUT2D eigenvalue weighted by atomic mass is 9.75. The van der Waals surface area contributed by atoms with Crippen LogP contribution < -0.4 is 5.32 Å². The van der Waals surface area contributed by atoms with Gasteiger partial charge in [0.15, 0.2) is 11.6 Å². The number of nitro benzene ring substituents is 1. The van der Waals surface area contributed by atoms with Gasteiger partial charge < -0.3 is 5.32 Å². The number of nitrogens with one attached hydrogen (secondary N) is 1. The van der Waals surface area contributed by atoms with Crippen LogP contribution in [0.1, 0.15) is 46.7 Å². The van der Waals surface area contributed by atoms with Gasteiger partial charge >= 0.3 is 0 Å². The van der Waals surface area contributed by atoms with Gasteiger partial charge in [-0.2, -0.15) is 0 Å². The molecule has 28 heavy (non-hydrogen) atoms. The highest BCUT2D eigenvalue weighted by atomic mass is 16.6. The molecule has 1 aliphatic heterocycles. The summed E-state index contributed by atoms with van der Waals surface area (Å²) in [4.78, 5) is 36.9. The first-order valence-corrected chi connectivity index (χ1v) is 9.22. The summed E-state index contributed by atoms with van der Waals surface area (Å²) in [5.74, 6) is -0.709. The third-order valence-electron chi connectivity index (χ3n) is 5.68. The van der Waals surface area contributed by atoms with E-state index in [9.17, 15) is 19.7 Å². The number of nitro groups is 1. The van der Waals surface area contributed by atoms with Crippen molar-refractivity contribution >= 4 is 23.0 Å². The monoisotopic (exact) mass is 372 g/mol. The van der Waals surface area contributed by atoms with E-state index >= 15 is 0 Å². The van der Waals surface area contributed by atoms with E-state index in [2.05, 4.69) is 5.32 Å². The lowest BCUT2D eigenvalue weighted by Gasteiger charge is -2.33. The van der Waals surface area contributed by atoms with Crippen LogP contribution in [0.2, 0.25) is 0 Å². The number of rotatable bonds is 2. The maximum Gasteiger partial charge on any atom is 0.269 e. The molecule has 0 radical (unpaired) electrons. The Balaban J connectivity index is 1.76. The van der Waals surface area contributed by atoms with Crippen LogP contribution in [-0.4, -0.2) is 16.5 Å². The second-order valence-corrected chi connectivity index (χ2v) is 7.24. The number of nitrogens with zero attached hydrogens (tertiary/aromatic N) is 1. The first kappa shape index (κ1) is 16.6. The molecule has 0 fully saturated rings. The first-order chi connectivity index (χ1) is 13.6. The summed E-state index contributed by atoms with van der Waals surface area (Å²) in [5.41, 5.74) is 4.62. The van der Waals surface area contributed by atoms with Crippen molar-refractivity contribution in [2.75, 3.05) is 0 Å². The predicted molar refractivity (Wildman–Crippen MR) is 103 cm³/mol. The number of ketones is 2. The zero-order valence-electron chi connectivity index (χ0n) is 14.9. The molecule has 5 rings (SSSR count). The largest absolute Gasteiger partial charge is 0.358 e. The molecule has 1 atom stereocenters. The van der Waals surface area contributed by atoms with E-state index in [0.717, 1.165) is 29.8 Å². The second kappa shape index (κ2) is 5.99. The molecule has 3 aliphatic rings. The Bertz CT molecular complexity index is 1140. The number of Topliss-reactive ketones (excluding diaryl/α,β-unsaturated/α-hetero) is 2. The highest BCUT2D eigenvalue weighted by Gasteiger charge is 2.43. The standard InChI is InChI=1S/C22H16N2O4/c25-17-10-4-9-16-19(17)18(12-5-3-6-13(11-12)24(27)28)20-21(23-16)14-7-1-2-8-15(14)22(20)26/h1-3,5-8,11,18,23H,4,9-10H2/t18-/m0/s1. The van der Waals surface area contributed by atoms with Crippen LogP contribution in [0.5, 0.6) is 0 Å². The minimum atomic E-state index is -0.584. The van der Waals surface area contributed by atoms with Gasteiger partial charge in [0.1, 0.15) is 0 Å². The number of carbonyl (C=O) groups excluding carboxylic acids is 2. The SMILES string of the molecule is O=C1CCCC2=C1[C@H](c1cccc([N+](=O)[O-])c1)C1=C(N2)c2ccccc2C1=O. The van der Waals surface area contributed by atoms with Crippen molar-refractivity contribution in [3.8, 4) is 0 Å². The number of hydrogen-bond donors (Lipinski definition) is 1. The van der Waals surface area contributed by atoms with Crippen LogP contribution >= 0.6 is 0 Å². The highest BCUT2D eigenvalue weighted by Crippen LogP contribution is 2.48. The minimum Gasteiger partial charge on any atom is -0.358 e. The van der Waals surface area contributed by atoms with Gasteiger partial charge in [-0.25, -0.2) is 0 Å². The third-order valence-corrected chi connectivity index (χ3v) is 5.68. The summed E-state index contributed by atoms with van der Waals surface area (Å²) in [6.07, 6.45) is 1.90. The van der Waals surface area contributed by atoms with Gasteiger partial charge in [0.05, 0.1) is 10.6 Å². The Morgan fingerprint density at radius 2 is 1.75 bits per heavy atom. The van der Waals surface area contributed by atoms with E-state index in [4.69, 9.17) is 0 Å². The number of carbonyl (C=O) groups is 2. The Kier molecular flexibility index (Phi) is 3.55. The lowest BCUT2D eigenvalue weighted by molar-refractivity contribution is -0.384.